The van der Waals surface area contributed by atoms with Gasteiger partial charge in [-0.2, -0.15) is 4.98 Å². The van der Waals surface area contributed by atoms with E-state index in [2.05, 4.69) is 28.9 Å². The van der Waals surface area contributed by atoms with E-state index in [1.165, 1.54) is 23.8 Å². The van der Waals surface area contributed by atoms with Crippen molar-refractivity contribution < 1.29 is 18.6 Å². The average Bonchev–Trinajstić information content (AvgIpc) is 3.19. The van der Waals surface area contributed by atoms with Crippen molar-refractivity contribution in [3.8, 4) is 0 Å². The first-order chi connectivity index (χ1) is 15.4. The zero-order chi connectivity index (χ0) is 22.8. The highest BCUT2D eigenvalue weighted by Gasteiger charge is 2.46. The number of hydrogen-bond acceptors (Lipinski definition) is 7. The molecule has 9 nitrogen and oxygen atoms in total. The number of nitrogens with zero attached hydrogens (tertiary/aromatic N) is 3. The fraction of sp³-hybridized carbons (Fsp3) is 0.773. The van der Waals surface area contributed by atoms with E-state index >= 15 is 0 Å². The second kappa shape index (κ2) is 10.3. The van der Waals surface area contributed by atoms with E-state index in [1.807, 2.05) is 0 Å². The van der Waals surface area contributed by atoms with Crippen LogP contribution in [0.15, 0.2) is 17.1 Å². The van der Waals surface area contributed by atoms with Crippen LogP contribution in [-0.2, 0) is 18.6 Å². The van der Waals surface area contributed by atoms with Gasteiger partial charge in [0.2, 0.25) is 5.91 Å². The topological polar surface area (TPSA) is 94.9 Å². The summed E-state index contributed by atoms with van der Waals surface area (Å²) in [6.07, 6.45) is 8.51. The Morgan fingerprint density at radius 1 is 1.34 bits per heavy atom. The molecule has 1 unspecified atom stereocenters. The van der Waals surface area contributed by atoms with Crippen molar-refractivity contribution in [2.24, 2.45) is 5.92 Å². The molecule has 178 valence electrons. The fourth-order valence-electron chi connectivity index (χ4n) is 4.65. The van der Waals surface area contributed by atoms with Crippen molar-refractivity contribution in [1.82, 2.24) is 14.2 Å². The number of likely N-dealkylation sites (N-methyl/N-ethyl adjacent to an activating group) is 1. The molecule has 1 N–H and O–H groups in total. The SMILES string of the molecule is CC[C@H]1O[C@@H](n2ccc(NC(=O)C(C)C)nc2=O)C[C@H]1O[P@]1O[C@@H]2CCCCCC2N1C. The van der Waals surface area contributed by atoms with Gasteiger partial charge in [-0.1, -0.05) is 40.0 Å². The van der Waals surface area contributed by atoms with Gasteiger partial charge in [0.05, 0.1) is 18.3 Å². The minimum absolute atomic E-state index is 0.114. The summed E-state index contributed by atoms with van der Waals surface area (Å²) in [4.78, 5) is 28.5. The summed E-state index contributed by atoms with van der Waals surface area (Å²) in [6, 6.07) is 2.06. The molecule has 0 aromatic carbocycles. The second-order valence-corrected chi connectivity index (χ2v) is 10.8. The van der Waals surface area contributed by atoms with Crippen LogP contribution in [0.5, 0.6) is 0 Å². The summed E-state index contributed by atoms with van der Waals surface area (Å²) in [5.74, 6) is -0.108. The lowest BCUT2D eigenvalue weighted by Crippen LogP contribution is -2.30. The summed E-state index contributed by atoms with van der Waals surface area (Å²) >= 11 is 0. The van der Waals surface area contributed by atoms with E-state index in [0.717, 1.165) is 19.3 Å². The first kappa shape index (κ1) is 23.8. The quantitative estimate of drug-likeness (QED) is 0.637. The van der Waals surface area contributed by atoms with Gasteiger partial charge in [-0.3, -0.25) is 9.36 Å². The molecule has 4 rings (SSSR count). The third-order valence-corrected chi connectivity index (χ3v) is 8.32. The van der Waals surface area contributed by atoms with Gasteiger partial charge < -0.3 is 19.1 Å². The number of aromatic nitrogens is 2. The minimum atomic E-state index is -1.13. The Balaban J connectivity index is 1.42. The van der Waals surface area contributed by atoms with Crippen LogP contribution < -0.4 is 11.0 Å². The standard InChI is InChI=1S/C22H35N4O5P/c1-5-16-18(31-32-25(4)15-9-7-6-8-10-17(15)30-32)13-20(29-16)26-12-11-19(24-22(26)28)23-21(27)14(2)3/h11-12,14-18,20H,5-10,13H2,1-4H3,(H,23,24,27,28)/t15?,16-,17-,18-,20-,32+/m1/s1. The fourth-order valence-corrected chi connectivity index (χ4v) is 6.43. The molecule has 1 aromatic heterocycles. The number of amides is 1. The van der Waals surface area contributed by atoms with Crippen molar-refractivity contribution in [1.29, 1.82) is 0 Å². The van der Waals surface area contributed by atoms with E-state index in [9.17, 15) is 9.59 Å². The van der Waals surface area contributed by atoms with Gasteiger partial charge in [0.1, 0.15) is 12.0 Å². The number of hydrogen-bond donors (Lipinski definition) is 1. The smallest absolute Gasteiger partial charge is 0.351 e. The van der Waals surface area contributed by atoms with Gasteiger partial charge >= 0.3 is 5.69 Å². The summed E-state index contributed by atoms with van der Waals surface area (Å²) in [7, 11) is 0.980. The molecule has 1 aliphatic carbocycles. The monoisotopic (exact) mass is 466 g/mol. The first-order valence-corrected chi connectivity index (χ1v) is 12.9. The summed E-state index contributed by atoms with van der Waals surface area (Å²) in [5, 5.41) is 2.66. The highest BCUT2D eigenvalue weighted by atomic mass is 31.2. The molecule has 0 bridgehead atoms. The maximum Gasteiger partial charge on any atom is 0.351 e. The zero-order valence-electron chi connectivity index (χ0n) is 19.4. The average molecular weight is 467 g/mol. The number of carbonyl (C=O) groups is 1. The second-order valence-electron chi connectivity index (χ2n) is 9.22. The van der Waals surface area contributed by atoms with Gasteiger partial charge in [0.25, 0.3) is 8.53 Å². The Morgan fingerprint density at radius 2 is 2.12 bits per heavy atom. The predicted molar refractivity (Wildman–Crippen MR) is 122 cm³/mol. The molecule has 3 fully saturated rings. The Labute approximate surface area is 190 Å². The van der Waals surface area contributed by atoms with Gasteiger partial charge in [0.15, 0.2) is 0 Å². The van der Waals surface area contributed by atoms with Crippen molar-refractivity contribution >= 4 is 20.3 Å². The third kappa shape index (κ3) is 5.07. The Bertz CT molecular complexity index is 865. The van der Waals surface area contributed by atoms with Gasteiger partial charge in [-0.05, 0) is 32.4 Å². The maximum atomic E-state index is 12.6. The predicted octanol–water partition coefficient (Wildman–Crippen LogP) is 3.81. The number of carbonyl (C=O) groups excluding carboxylic acids is 1. The molecule has 0 radical (unpaired) electrons. The van der Waals surface area contributed by atoms with E-state index in [4.69, 9.17) is 13.8 Å². The lowest BCUT2D eigenvalue weighted by molar-refractivity contribution is -0.118. The van der Waals surface area contributed by atoms with Gasteiger partial charge in [-0.25, -0.2) is 9.46 Å². The van der Waals surface area contributed by atoms with E-state index in [1.54, 1.807) is 26.1 Å². The van der Waals surface area contributed by atoms with Crippen molar-refractivity contribution in [3.63, 3.8) is 0 Å². The van der Waals surface area contributed by atoms with Crippen molar-refractivity contribution in [2.75, 3.05) is 12.4 Å². The number of nitrogens with one attached hydrogen (secondary N) is 1. The van der Waals surface area contributed by atoms with Crippen LogP contribution in [0.25, 0.3) is 0 Å². The summed E-state index contributed by atoms with van der Waals surface area (Å²) in [5.41, 5.74) is -0.450. The molecule has 10 heteroatoms. The van der Waals surface area contributed by atoms with Crippen LogP contribution >= 0.6 is 8.53 Å². The van der Waals surface area contributed by atoms with Gasteiger partial charge in [0, 0.05) is 24.6 Å². The van der Waals surface area contributed by atoms with E-state index < -0.39 is 20.4 Å². The Morgan fingerprint density at radius 3 is 2.84 bits per heavy atom. The Kier molecular flexibility index (Phi) is 7.62. The number of fused-ring (bicyclic) bond motifs is 1. The van der Waals surface area contributed by atoms with Crippen LogP contribution in [0.1, 0.15) is 71.9 Å². The third-order valence-electron chi connectivity index (χ3n) is 6.61. The molecule has 2 aliphatic heterocycles. The molecule has 32 heavy (non-hydrogen) atoms. The molecule has 0 spiro atoms. The highest BCUT2D eigenvalue weighted by Crippen LogP contribution is 2.56. The van der Waals surface area contributed by atoms with Crippen LogP contribution in [0.2, 0.25) is 0 Å². The molecule has 2 saturated heterocycles. The molecular weight excluding hydrogens is 431 g/mol. The molecule has 1 saturated carbocycles. The van der Waals surface area contributed by atoms with Crippen LogP contribution in [0.3, 0.4) is 0 Å². The largest absolute Gasteiger partial charge is 0.352 e. The van der Waals surface area contributed by atoms with Crippen LogP contribution in [-0.4, -0.2) is 51.5 Å². The maximum absolute atomic E-state index is 12.6. The highest BCUT2D eigenvalue weighted by molar-refractivity contribution is 7.44. The zero-order valence-corrected chi connectivity index (χ0v) is 20.3. The van der Waals surface area contributed by atoms with Crippen LogP contribution in [0, 0.1) is 5.92 Å². The van der Waals surface area contributed by atoms with E-state index in [0.29, 0.717) is 12.5 Å². The van der Waals surface area contributed by atoms with Crippen LogP contribution in [0.4, 0.5) is 5.82 Å². The molecule has 1 aromatic rings. The molecular formula is C22H35N4O5P. The molecule has 3 aliphatic rings. The van der Waals surface area contributed by atoms with Gasteiger partial charge in [-0.15, -0.1) is 0 Å². The normalized spacial score (nSPS) is 33.3. The van der Waals surface area contributed by atoms with Crippen molar-refractivity contribution in [3.05, 3.63) is 22.7 Å². The number of anilines is 1. The summed E-state index contributed by atoms with van der Waals surface area (Å²) < 4.78 is 22.7. The van der Waals surface area contributed by atoms with Crippen molar-refractivity contribution in [2.45, 2.75) is 96.3 Å². The number of rotatable bonds is 6. The first-order valence-electron chi connectivity index (χ1n) is 11.8. The lowest BCUT2D eigenvalue weighted by Gasteiger charge is -2.25. The number of ether oxygens (including phenoxy) is 1. The molecule has 1 amide bonds. The minimum Gasteiger partial charge on any atom is -0.352 e. The van der Waals surface area contributed by atoms with E-state index in [-0.39, 0.29) is 36.0 Å². The summed E-state index contributed by atoms with van der Waals surface area (Å²) in [6.45, 7) is 5.64. The lowest BCUT2D eigenvalue weighted by atomic mass is 10.1. The Hall–Kier alpha value is -1.38. The molecule has 3 heterocycles. The molecule has 6 atom stereocenters.